The van der Waals surface area contributed by atoms with Crippen molar-refractivity contribution in [2.24, 2.45) is 5.73 Å². The van der Waals surface area contributed by atoms with E-state index in [-0.39, 0.29) is 0 Å². The van der Waals surface area contributed by atoms with Gasteiger partial charge in [0, 0.05) is 22.3 Å². The van der Waals surface area contributed by atoms with E-state index < -0.39 is 17.8 Å². The largest absolute Gasteiger partial charge is 0.369 e. The smallest absolute Gasteiger partial charge is 0.244 e. The van der Waals surface area contributed by atoms with Crippen LogP contribution in [0.5, 0.6) is 0 Å². The Kier molecular flexibility index (Phi) is 4.95. The van der Waals surface area contributed by atoms with E-state index in [1.165, 1.54) is 24.4 Å². The number of nitrogens with one attached hydrogen (secondary N) is 1. The van der Waals surface area contributed by atoms with Gasteiger partial charge in [0.1, 0.15) is 11.9 Å². The molecule has 1 amide bonds. The third-order valence-corrected chi connectivity index (χ3v) is 3.94. The van der Waals surface area contributed by atoms with Gasteiger partial charge in [-0.1, -0.05) is 41.9 Å². The molecule has 3 rings (SSSR count). The first-order valence-electron chi connectivity index (χ1n) is 7.56. The Morgan fingerprint density at radius 2 is 1.88 bits per heavy atom. The summed E-state index contributed by atoms with van der Waals surface area (Å²) < 4.78 is 14.1. The van der Waals surface area contributed by atoms with E-state index in [1.54, 1.807) is 24.4 Å². The van der Waals surface area contributed by atoms with Crippen LogP contribution in [-0.2, 0) is 4.79 Å². The molecule has 4 nitrogen and oxygen atoms in total. The summed E-state index contributed by atoms with van der Waals surface area (Å²) in [4.78, 5) is 15.9. The number of rotatable bonds is 5. The van der Waals surface area contributed by atoms with Gasteiger partial charge in [0.2, 0.25) is 5.91 Å². The highest BCUT2D eigenvalue weighted by Gasteiger charge is 2.18. The van der Waals surface area contributed by atoms with Crippen molar-refractivity contribution in [2.75, 3.05) is 5.32 Å². The molecule has 0 radical (unpaired) electrons. The molecule has 0 saturated heterocycles. The number of hydrogen-bond acceptors (Lipinski definition) is 3. The standard InChI is InChI=1S/C19H15ClFN3O/c20-14-6-7-17(21)16(9-14)13-8-15(11-23-10-13)24-18(19(22)25)12-4-2-1-3-5-12/h1-11,18,24H,(H2,22,25)/t18-/m1/s1. The molecule has 0 aliphatic carbocycles. The average Bonchev–Trinajstić information content (AvgIpc) is 2.62. The fraction of sp³-hybridized carbons (Fsp3) is 0.0526. The highest BCUT2D eigenvalue weighted by molar-refractivity contribution is 6.30. The van der Waals surface area contributed by atoms with Crippen LogP contribution in [0.3, 0.4) is 0 Å². The van der Waals surface area contributed by atoms with Crippen molar-refractivity contribution in [3.05, 3.63) is 83.4 Å². The molecule has 0 saturated carbocycles. The lowest BCUT2D eigenvalue weighted by molar-refractivity contribution is -0.118. The molecule has 0 fully saturated rings. The summed E-state index contributed by atoms with van der Waals surface area (Å²) in [6.45, 7) is 0. The second kappa shape index (κ2) is 7.32. The maximum absolute atomic E-state index is 14.1. The molecule has 1 heterocycles. The van der Waals surface area contributed by atoms with Crippen molar-refractivity contribution in [1.29, 1.82) is 0 Å². The van der Waals surface area contributed by atoms with Crippen LogP contribution in [0.2, 0.25) is 5.02 Å². The Morgan fingerprint density at radius 1 is 1.12 bits per heavy atom. The first-order chi connectivity index (χ1) is 12.0. The number of aromatic nitrogens is 1. The molecule has 1 atom stereocenters. The third kappa shape index (κ3) is 3.95. The van der Waals surface area contributed by atoms with Crippen molar-refractivity contribution in [1.82, 2.24) is 4.98 Å². The number of benzene rings is 2. The van der Waals surface area contributed by atoms with Gasteiger partial charge in [-0.2, -0.15) is 0 Å². The summed E-state index contributed by atoms with van der Waals surface area (Å²) in [6, 6.07) is 14.4. The molecule has 0 unspecified atom stereocenters. The fourth-order valence-corrected chi connectivity index (χ4v) is 2.69. The molecule has 0 bridgehead atoms. The first-order valence-corrected chi connectivity index (χ1v) is 7.93. The van der Waals surface area contributed by atoms with Crippen LogP contribution in [0.15, 0.2) is 67.0 Å². The van der Waals surface area contributed by atoms with E-state index in [9.17, 15) is 9.18 Å². The number of primary amides is 1. The summed E-state index contributed by atoms with van der Waals surface area (Å²) >= 11 is 5.95. The van der Waals surface area contributed by atoms with Crippen LogP contribution in [0.1, 0.15) is 11.6 Å². The molecule has 126 valence electrons. The zero-order valence-corrected chi connectivity index (χ0v) is 13.9. The topological polar surface area (TPSA) is 68.0 Å². The zero-order valence-electron chi connectivity index (χ0n) is 13.1. The third-order valence-electron chi connectivity index (χ3n) is 3.71. The number of carbonyl (C=O) groups is 1. The Balaban J connectivity index is 1.93. The summed E-state index contributed by atoms with van der Waals surface area (Å²) in [5.41, 5.74) is 7.66. The molecule has 25 heavy (non-hydrogen) atoms. The lowest BCUT2D eigenvalue weighted by atomic mass is 10.0. The Morgan fingerprint density at radius 3 is 2.60 bits per heavy atom. The summed E-state index contributed by atoms with van der Waals surface area (Å²) in [5, 5.41) is 3.47. The predicted octanol–water partition coefficient (Wildman–Crippen LogP) is 4.18. The molecule has 6 heteroatoms. The maximum Gasteiger partial charge on any atom is 0.244 e. The summed E-state index contributed by atoms with van der Waals surface area (Å²) in [5.74, 6) is -0.927. The second-order valence-electron chi connectivity index (χ2n) is 5.48. The fourth-order valence-electron chi connectivity index (χ4n) is 2.52. The summed E-state index contributed by atoms with van der Waals surface area (Å²) in [6.07, 6.45) is 3.08. The van der Waals surface area contributed by atoms with Gasteiger partial charge < -0.3 is 11.1 Å². The van der Waals surface area contributed by atoms with Crippen molar-refractivity contribution in [2.45, 2.75) is 6.04 Å². The minimum absolute atomic E-state index is 0.332. The van der Waals surface area contributed by atoms with Gasteiger partial charge in [-0.05, 0) is 29.8 Å². The monoisotopic (exact) mass is 355 g/mol. The number of pyridine rings is 1. The quantitative estimate of drug-likeness (QED) is 0.721. The number of halogens is 2. The minimum atomic E-state index is -0.720. The zero-order chi connectivity index (χ0) is 17.8. The molecule has 2 aromatic carbocycles. The van der Waals surface area contributed by atoms with Gasteiger partial charge in [0.05, 0.1) is 11.9 Å². The van der Waals surface area contributed by atoms with Gasteiger partial charge in [0.15, 0.2) is 0 Å². The van der Waals surface area contributed by atoms with E-state index in [0.717, 1.165) is 5.56 Å². The number of amides is 1. The van der Waals surface area contributed by atoms with Gasteiger partial charge in [-0.3, -0.25) is 9.78 Å². The molecule has 1 aromatic heterocycles. The molecular formula is C19H15ClFN3O. The normalized spacial score (nSPS) is 11.8. The van der Waals surface area contributed by atoms with Crippen molar-refractivity contribution in [3.8, 4) is 11.1 Å². The highest BCUT2D eigenvalue weighted by atomic mass is 35.5. The van der Waals surface area contributed by atoms with E-state index in [4.69, 9.17) is 17.3 Å². The first kappa shape index (κ1) is 16.9. The van der Waals surface area contributed by atoms with Gasteiger partial charge in [-0.25, -0.2) is 4.39 Å². The van der Waals surface area contributed by atoms with E-state index in [0.29, 0.717) is 21.8 Å². The number of nitrogens with zero attached hydrogens (tertiary/aromatic N) is 1. The number of anilines is 1. The minimum Gasteiger partial charge on any atom is -0.369 e. The van der Waals surface area contributed by atoms with E-state index in [1.807, 2.05) is 18.2 Å². The van der Waals surface area contributed by atoms with Gasteiger partial charge in [0.25, 0.3) is 0 Å². The second-order valence-corrected chi connectivity index (χ2v) is 5.91. The van der Waals surface area contributed by atoms with Crippen LogP contribution in [0.4, 0.5) is 10.1 Å². The van der Waals surface area contributed by atoms with Crippen molar-refractivity contribution in [3.63, 3.8) is 0 Å². The van der Waals surface area contributed by atoms with Crippen molar-refractivity contribution >= 4 is 23.2 Å². The van der Waals surface area contributed by atoms with Crippen LogP contribution < -0.4 is 11.1 Å². The number of carbonyl (C=O) groups excluding carboxylic acids is 1. The lowest BCUT2D eigenvalue weighted by Gasteiger charge is -2.17. The predicted molar refractivity (Wildman–Crippen MR) is 96.6 cm³/mol. The molecule has 3 aromatic rings. The highest BCUT2D eigenvalue weighted by Crippen LogP contribution is 2.28. The summed E-state index contributed by atoms with van der Waals surface area (Å²) in [7, 11) is 0. The molecular weight excluding hydrogens is 341 g/mol. The molecule has 0 aliphatic rings. The number of hydrogen-bond donors (Lipinski definition) is 2. The average molecular weight is 356 g/mol. The Hall–Kier alpha value is -2.92. The van der Waals surface area contributed by atoms with Crippen LogP contribution in [0, 0.1) is 5.82 Å². The van der Waals surface area contributed by atoms with Crippen LogP contribution in [0.25, 0.3) is 11.1 Å². The Bertz CT molecular complexity index is 902. The van der Waals surface area contributed by atoms with E-state index >= 15 is 0 Å². The van der Waals surface area contributed by atoms with E-state index in [2.05, 4.69) is 10.3 Å². The molecule has 0 spiro atoms. The van der Waals surface area contributed by atoms with Crippen LogP contribution >= 0.6 is 11.6 Å². The Labute approximate surface area is 149 Å². The van der Waals surface area contributed by atoms with Crippen molar-refractivity contribution < 1.29 is 9.18 Å². The molecule has 0 aliphatic heterocycles. The van der Waals surface area contributed by atoms with Crippen LogP contribution in [-0.4, -0.2) is 10.9 Å². The lowest BCUT2D eigenvalue weighted by Crippen LogP contribution is -2.27. The number of nitrogens with two attached hydrogens (primary N) is 1. The maximum atomic E-state index is 14.1. The molecule has 3 N–H and O–H groups in total. The van der Waals surface area contributed by atoms with Gasteiger partial charge >= 0.3 is 0 Å². The SMILES string of the molecule is NC(=O)[C@H](Nc1cncc(-c2cc(Cl)ccc2F)c1)c1ccccc1. The van der Waals surface area contributed by atoms with Gasteiger partial charge in [-0.15, -0.1) is 0 Å².